The van der Waals surface area contributed by atoms with Gasteiger partial charge in [-0.05, 0) is 18.6 Å². The van der Waals surface area contributed by atoms with Crippen LogP contribution in [-0.4, -0.2) is 56.1 Å². The van der Waals surface area contributed by atoms with Gasteiger partial charge >= 0.3 is 6.01 Å². The minimum atomic E-state index is -3.71. The summed E-state index contributed by atoms with van der Waals surface area (Å²) in [6.45, 7) is 0.444. The van der Waals surface area contributed by atoms with Crippen molar-refractivity contribution in [1.29, 1.82) is 0 Å². The largest absolute Gasteiger partial charge is 0.493 e. The van der Waals surface area contributed by atoms with Gasteiger partial charge in [-0.25, -0.2) is 22.8 Å². The van der Waals surface area contributed by atoms with Gasteiger partial charge < -0.3 is 14.2 Å². The Hall–Kier alpha value is -2.46. The lowest BCUT2D eigenvalue weighted by atomic mass is 10.3. The summed E-state index contributed by atoms with van der Waals surface area (Å²) in [6.07, 6.45) is 2.06. The molecule has 0 aliphatic carbocycles. The van der Waals surface area contributed by atoms with E-state index in [9.17, 15) is 12.8 Å². The molecule has 0 amide bonds. The Morgan fingerprint density at radius 3 is 2.50 bits per heavy atom. The van der Waals surface area contributed by atoms with Crippen LogP contribution >= 0.6 is 0 Å². The average Bonchev–Trinajstić information content (AvgIpc) is 3.12. The molecular formula is C16H18FN3O5S. The van der Waals surface area contributed by atoms with E-state index in [-0.39, 0.29) is 17.5 Å². The lowest BCUT2D eigenvalue weighted by Gasteiger charge is -2.18. The van der Waals surface area contributed by atoms with Gasteiger partial charge in [-0.15, -0.1) is 0 Å². The topological polar surface area (TPSA) is 90.9 Å². The van der Waals surface area contributed by atoms with Crippen molar-refractivity contribution in [1.82, 2.24) is 14.3 Å². The van der Waals surface area contributed by atoms with Crippen LogP contribution in [0.15, 0.2) is 35.5 Å². The van der Waals surface area contributed by atoms with Gasteiger partial charge in [-0.1, -0.05) is 0 Å². The van der Waals surface area contributed by atoms with Gasteiger partial charge in [0.2, 0.25) is 10.0 Å². The summed E-state index contributed by atoms with van der Waals surface area (Å²) in [4.78, 5) is 7.55. The normalized spacial score (nSPS) is 17.9. The van der Waals surface area contributed by atoms with Gasteiger partial charge in [0.1, 0.15) is 6.10 Å². The molecule has 0 spiro atoms. The van der Waals surface area contributed by atoms with E-state index in [1.54, 1.807) is 6.07 Å². The first-order valence-electron chi connectivity index (χ1n) is 7.80. The van der Waals surface area contributed by atoms with Gasteiger partial charge in [-0.3, -0.25) is 0 Å². The first-order valence-corrected chi connectivity index (χ1v) is 9.24. The van der Waals surface area contributed by atoms with Crippen molar-refractivity contribution < 1.29 is 27.0 Å². The quantitative estimate of drug-likeness (QED) is 0.746. The Balaban J connectivity index is 1.73. The van der Waals surface area contributed by atoms with Crippen molar-refractivity contribution in [2.75, 3.05) is 27.3 Å². The number of ether oxygens (including phenoxy) is 3. The zero-order valence-electron chi connectivity index (χ0n) is 14.3. The van der Waals surface area contributed by atoms with Gasteiger partial charge in [0.15, 0.2) is 17.3 Å². The number of sulfonamides is 1. The van der Waals surface area contributed by atoms with Crippen LogP contribution in [0, 0.1) is 5.82 Å². The molecule has 1 unspecified atom stereocenters. The number of benzene rings is 1. The fourth-order valence-corrected chi connectivity index (χ4v) is 4.15. The smallest absolute Gasteiger partial charge is 0.316 e. The highest BCUT2D eigenvalue weighted by atomic mass is 32.2. The van der Waals surface area contributed by atoms with E-state index in [4.69, 9.17) is 14.2 Å². The third-order valence-electron chi connectivity index (χ3n) is 3.97. The van der Waals surface area contributed by atoms with E-state index in [2.05, 4.69) is 9.97 Å². The molecule has 1 saturated heterocycles. The third kappa shape index (κ3) is 3.70. The van der Waals surface area contributed by atoms with E-state index >= 15 is 0 Å². The van der Waals surface area contributed by atoms with Crippen LogP contribution in [-0.2, 0) is 10.0 Å². The summed E-state index contributed by atoms with van der Waals surface area (Å²) in [6, 6.07) is 4.45. The fourth-order valence-electron chi connectivity index (χ4n) is 2.65. The molecule has 1 aliphatic heterocycles. The average molecular weight is 383 g/mol. The molecule has 1 aliphatic rings. The Bertz CT molecular complexity index is 876. The number of hydrogen-bond acceptors (Lipinski definition) is 7. The Kier molecular flexibility index (Phi) is 5.23. The molecule has 1 fully saturated rings. The van der Waals surface area contributed by atoms with Crippen LogP contribution in [0.2, 0.25) is 0 Å². The molecule has 1 atom stereocenters. The van der Waals surface area contributed by atoms with Crippen LogP contribution in [0.25, 0.3) is 0 Å². The second-order valence-corrected chi connectivity index (χ2v) is 7.53. The van der Waals surface area contributed by atoms with Gasteiger partial charge in [0, 0.05) is 12.6 Å². The number of methoxy groups -OCH3 is 2. The second-order valence-electron chi connectivity index (χ2n) is 5.59. The number of halogens is 1. The lowest BCUT2D eigenvalue weighted by molar-refractivity contribution is 0.197. The minimum absolute atomic E-state index is 0.0155. The molecule has 2 heterocycles. The van der Waals surface area contributed by atoms with Crippen molar-refractivity contribution in [3.05, 3.63) is 36.4 Å². The number of nitrogens with zero attached hydrogens (tertiary/aromatic N) is 3. The lowest BCUT2D eigenvalue weighted by Crippen LogP contribution is -2.31. The molecule has 0 N–H and O–H groups in total. The molecule has 8 nitrogen and oxygen atoms in total. The first-order chi connectivity index (χ1) is 12.4. The van der Waals surface area contributed by atoms with Gasteiger partial charge in [-0.2, -0.15) is 4.31 Å². The van der Waals surface area contributed by atoms with E-state index in [1.165, 1.54) is 30.7 Å². The molecule has 1 aromatic heterocycles. The van der Waals surface area contributed by atoms with Crippen LogP contribution < -0.4 is 14.2 Å². The van der Waals surface area contributed by atoms with Crippen LogP contribution in [0.4, 0.5) is 4.39 Å². The van der Waals surface area contributed by atoms with E-state index in [0.717, 1.165) is 12.4 Å². The molecule has 0 bridgehead atoms. The maximum absolute atomic E-state index is 12.8. The van der Waals surface area contributed by atoms with E-state index < -0.39 is 21.9 Å². The molecule has 2 aromatic rings. The summed E-state index contributed by atoms with van der Waals surface area (Å²) in [5.74, 6) is 0.212. The highest BCUT2D eigenvalue weighted by Gasteiger charge is 2.34. The molecule has 0 saturated carbocycles. The van der Waals surface area contributed by atoms with Crippen LogP contribution in [0.1, 0.15) is 6.42 Å². The summed E-state index contributed by atoms with van der Waals surface area (Å²) in [5, 5.41) is 0. The Morgan fingerprint density at radius 1 is 1.15 bits per heavy atom. The van der Waals surface area contributed by atoms with Gasteiger partial charge in [0.05, 0.1) is 38.1 Å². The van der Waals surface area contributed by atoms with Crippen molar-refractivity contribution in [3.8, 4) is 17.5 Å². The predicted octanol–water partition coefficient (Wildman–Crippen LogP) is 1.47. The molecule has 10 heteroatoms. The molecule has 26 heavy (non-hydrogen) atoms. The number of aromatic nitrogens is 2. The molecule has 140 valence electrons. The van der Waals surface area contributed by atoms with E-state index in [0.29, 0.717) is 24.5 Å². The molecular weight excluding hydrogens is 365 g/mol. The second kappa shape index (κ2) is 7.42. The SMILES string of the molecule is COc1ccc(S(=O)(=O)N2CCC(Oc3ncc(F)cn3)C2)cc1OC. The van der Waals surface area contributed by atoms with Gasteiger partial charge in [0.25, 0.3) is 0 Å². The summed E-state index contributed by atoms with van der Waals surface area (Å²) >= 11 is 0. The van der Waals surface area contributed by atoms with Crippen molar-refractivity contribution in [2.45, 2.75) is 17.4 Å². The summed E-state index contributed by atoms with van der Waals surface area (Å²) < 4.78 is 55.7. The first kappa shape index (κ1) is 18.3. The fraction of sp³-hybridized carbons (Fsp3) is 0.375. The number of rotatable bonds is 6. The van der Waals surface area contributed by atoms with Crippen LogP contribution in [0.5, 0.6) is 17.5 Å². The highest BCUT2D eigenvalue weighted by molar-refractivity contribution is 7.89. The van der Waals surface area contributed by atoms with Crippen LogP contribution in [0.3, 0.4) is 0 Å². The summed E-state index contributed by atoms with van der Waals surface area (Å²) in [7, 11) is -0.792. The Labute approximate surface area is 150 Å². The zero-order valence-corrected chi connectivity index (χ0v) is 15.1. The maximum atomic E-state index is 12.8. The number of hydrogen-bond donors (Lipinski definition) is 0. The zero-order chi connectivity index (χ0) is 18.7. The third-order valence-corrected chi connectivity index (χ3v) is 5.83. The van der Waals surface area contributed by atoms with Crippen molar-refractivity contribution in [2.24, 2.45) is 0 Å². The maximum Gasteiger partial charge on any atom is 0.316 e. The minimum Gasteiger partial charge on any atom is -0.493 e. The Morgan fingerprint density at radius 2 is 1.85 bits per heavy atom. The molecule has 3 rings (SSSR count). The highest BCUT2D eigenvalue weighted by Crippen LogP contribution is 2.31. The van der Waals surface area contributed by atoms with Crippen molar-refractivity contribution >= 4 is 10.0 Å². The standard InChI is InChI=1S/C16H18FN3O5S/c1-23-14-4-3-13(7-15(14)24-2)26(21,22)20-6-5-12(10-20)25-16-18-8-11(17)9-19-16/h3-4,7-9,12H,5-6,10H2,1-2H3. The van der Waals surface area contributed by atoms with Crippen molar-refractivity contribution in [3.63, 3.8) is 0 Å². The molecule has 0 radical (unpaired) electrons. The predicted molar refractivity (Wildman–Crippen MR) is 89.3 cm³/mol. The molecule has 1 aromatic carbocycles. The summed E-state index contributed by atoms with van der Waals surface area (Å²) in [5.41, 5.74) is 0. The monoisotopic (exact) mass is 383 g/mol. The van der Waals surface area contributed by atoms with E-state index in [1.807, 2.05) is 0 Å².